The molecule has 3 aromatic heterocycles. The number of piperazine rings is 1. The summed E-state index contributed by atoms with van der Waals surface area (Å²) >= 11 is 1.93. The highest BCUT2D eigenvalue weighted by Gasteiger charge is 2.34. The lowest BCUT2D eigenvalue weighted by atomic mass is 10.0. The zero-order chi connectivity index (χ0) is 30.7. The molecule has 0 aliphatic carbocycles. The van der Waals surface area contributed by atoms with Crippen LogP contribution in [0.2, 0.25) is 0 Å². The fourth-order valence-electron chi connectivity index (χ4n) is 5.18. The van der Waals surface area contributed by atoms with Gasteiger partial charge in [-0.15, -0.1) is 5.10 Å². The summed E-state index contributed by atoms with van der Waals surface area (Å²) < 4.78 is 43.7. The van der Waals surface area contributed by atoms with Crippen LogP contribution in [-0.4, -0.2) is 93.1 Å². The Bertz CT molecular complexity index is 1720. The number of hydrogen-bond donors (Lipinski definition) is 1. The van der Waals surface area contributed by atoms with Crippen molar-refractivity contribution in [2.45, 2.75) is 12.7 Å². The first kappa shape index (κ1) is 29.9. The van der Waals surface area contributed by atoms with Gasteiger partial charge in [-0.1, -0.05) is 12.0 Å². The Labute approximate surface area is 257 Å². The van der Waals surface area contributed by atoms with Crippen molar-refractivity contribution >= 4 is 34.8 Å². The summed E-state index contributed by atoms with van der Waals surface area (Å²) in [6.07, 6.45) is -0.0428. The number of anilines is 2. The van der Waals surface area contributed by atoms with Crippen LogP contribution in [0.25, 0.3) is 5.65 Å². The first-order valence-electron chi connectivity index (χ1n) is 14.3. The van der Waals surface area contributed by atoms with Crippen molar-refractivity contribution in [1.82, 2.24) is 29.4 Å². The van der Waals surface area contributed by atoms with E-state index in [0.29, 0.717) is 30.0 Å². The molecule has 0 spiro atoms. The molecule has 9 nitrogen and oxygen atoms in total. The topological polar surface area (TPSA) is 81.9 Å². The van der Waals surface area contributed by atoms with Crippen molar-refractivity contribution in [1.29, 1.82) is 0 Å². The van der Waals surface area contributed by atoms with Crippen LogP contribution in [-0.2, 0) is 12.7 Å². The average molecular weight is 621 g/mol. The molecule has 2 aliphatic heterocycles. The predicted molar refractivity (Wildman–Crippen MR) is 165 cm³/mol. The van der Waals surface area contributed by atoms with Gasteiger partial charge >= 0.3 is 6.18 Å². The number of alkyl halides is 3. The van der Waals surface area contributed by atoms with Gasteiger partial charge in [0.25, 0.3) is 5.91 Å². The van der Waals surface area contributed by atoms with E-state index in [9.17, 15) is 18.0 Å². The Morgan fingerprint density at radius 3 is 2.55 bits per heavy atom. The van der Waals surface area contributed by atoms with Crippen LogP contribution < -0.4 is 10.2 Å². The number of nitrogens with zero attached hydrogens (tertiary/aromatic N) is 7. The third-order valence-corrected chi connectivity index (χ3v) is 8.62. The predicted octanol–water partition coefficient (Wildman–Crippen LogP) is 4.10. The number of amides is 1. The van der Waals surface area contributed by atoms with E-state index in [1.807, 2.05) is 35.8 Å². The second-order valence-corrected chi connectivity index (χ2v) is 12.0. The van der Waals surface area contributed by atoms with Crippen LogP contribution >= 0.6 is 11.8 Å². The van der Waals surface area contributed by atoms with Crippen molar-refractivity contribution in [2.24, 2.45) is 0 Å². The lowest BCUT2D eigenvalue weighted by molar-refractivity contribution is -0.138. The summed E-state index contributed by atoms with van der Waals surface area (Å²) in [5, 5.41) is 7.32. The third kappa shape index (κ3) is 6.99. The van der Waals surface area contributed by atoms with Gasteiger partial charge in [0.1, 0.15) is 11.5 Å². The van der Waals surface area contributed by atoms with E-state index in [1.165, 1.54) is 24.5 Å². The van der Waals surface area contributed by atoms with Crippen LogP contribution in [0.1, 0.15) is 32.7 Å². The minimum absolute atomic E-state index is 0.0563. The first-order valence-corrected chi connectivity index (χ1v) is 15.5. The summed E-state index contributed by atoms with van der Waals surface area (Å²) in [5.41, 5.74) is 1.38. The van der Waals surface area contributed by atoms with E-state index in [2.05, 4.69) is 36.9 Å². The largest absolute Gasteiger partial charge is 0.416 e. The van der Waals surface area contributed by atoms with Gasteiger partial charge in [-0.3, -0.25) is 14.7 Å². The number of carbonyl (C=O) groups is 1. The number of carbonyl (C=O) groups excluding carboxylic acids is 1. The Morgan fingerprint density at radius 2 is 1.77 bits per heavy atom. The zero-order valence-electron chi connectivity index (χ0n) is 24.1. The van der Waals surface area contributed by atoms with Gasteiger partial charge < -0.3 is 15.1 Å². The van der Waals surface area contributed by atoms with Crippen molar-refractivity contribution in [3.8, 4) is 11.8 Å². The number of thioether (sulfide) groups is 1. The fraction of sp³-hybridized carbons (Fsp3) is 0.355. The summed E-state index contributed by atoms with van der Waals surface area (Å²) in [5.74, 6) is 8.46. The molecule has 2 fully saturated rings. The number of imidazole rings is 1. The number of halogens is 3. The fourth-order valence-corrected chi connectivity index (χ4v) is 6.09. The Balaban J connectivity index is 1.17. The molecule has 0 saturated carbocycles. The van der Waals surface area contributed by atoms with E-state index in [-0.39, 0.29) is 23.4 Å². The molecule has 0 bridgehead atoms. The highest BCUT2D eigenvalue weighted by atomic mass is 32.2. The van der Waals surface area contributed by atoms with Crippen molar-refractivity contribution in [2.75, 3.05) is 68.0 Å². The molecular formula is C31H31F3N8OS. The van der Waals surface area contributed by atoms with Crippen LogP contribution in [0.15, 0.2) is 55.0 Å². The molecule has 0 unspecified atom stereocenters. The number of rotatable bonds is 5. The molecule has 0 atom stereocenters. The van der Waals surface area contributed by atoms with Gasteiger partial charge in [-0.25, -0.2) is 9.50 Å². The lowest BCUT2D eigenvalue weighted by Crippen LogP contribution is -2.44. The molecule has 44 heavy (non-hydrogen) atoms. The normalized spacial score (nSPS) is 16.5. The molecule has 2 saturated heterocycles. The molecule has 5 heterocycles. The monoisotopic (exact) mass is 620 g/mol. The molecular weight excluding hydrogens is 589 g/mol. The zero-order valence-corrected chi connectivity index (χ0v) is 25.0. The highest BCUT2D eigenvalue weighted by Crippen LogP contribution is 2.34. The quantitative estimate of drug-likeness (QED) is 0.335. The Kier molecular flexibility index (Phi) is 8.74. The van der Waals surface area contributed by atoms with Gasteiger partial charge in [0, 0.05) is 81.0 Å². The summed E-state index contributed by atoms with van der Waals surface area (Å²) in [6.45, 7) is 5.07. The molecule has 1 N–H and O–H groups in total. The van der Waals surface area contributed by atoms with Crippen molar-refractivity contribution in [3.63, 3.8) is 0 Å². The van der Waals surface area contributed by atoms with Crippen LogP contribution in [0.5, 0.6) is 0 Å². The van der Waals surface area contributed by atoms with Gasteiger partial charge in [0.15, 0.2) is 5.65 Å². The van der Waals surface area contributed by atoms with Crippen molar-refractivity contribution in [3.05, 3.63) is 82.9 Å². The minimum atomic E-state index is -4.56. The third-order valence-electron chi connectivity index (χ3n) is 7.68. The standard InChI is InChI=1S/C31H31F3N8OS/c1-39-8-10-40(11-9-39)21-23-3-4-25(17-27(23)31(32,33)34)37-30(43)24-16-22(18-35-19-24)2-5-26-20-36-28-6-7-29(38-42(26)28)41-12-14-44-15-13-41/h3-4,6-7,16-20H,8-15,21H2,1H3,(H,37,43). The molecule has 6 rings (SSSR count). The maximum Gasteiger partial charge on any atom is 0.416 e. The number of likely N-dealkylation sites (N-methyl/N-ethyl adjacent to an activating group) is 1. The number of aromatic nitrogens is 4. The molecule has 4 aromatic rings. The van der Waals surface area contributed by atoms with E-state index >= 15 is 0 Å². The van der Waals surface area contributed by atoms with Gasteiger partial charge in [0.2, 0.25) is 0 Å². The van der Waals surface area contributed by atoms with Crippen molar-refractivity contribution < 1.29 is 18.0 Å². The second kappa shape index (κ2) is 12.9. The summed E-state index contributed by atoms with van der Waals surface area (Å²) in [6, 6.07) is 9.36. The van der Waals surface area contributed by atoms with E-state index < -0.39 is 17.6 Å². The number of nitrogens with one attached hydrogen (secondary N) is 1. The molecule has 0 radical (unpaired) electrons. The molecule has 228 valence electrons. The van der Waals surface area contributed by atoms with Gasteiger partial charge in [0.05, 0.1) is 17.3 Å². The molecule has 2 aliphatic rings. The molecule has 13 heteroatoms. The first-order chi connectivity index (χ1) is 21.2. The van der Waals surface area contributed by atoms with E-state index in [1.54, 1.807) is 16.8 Å². The molecule has 1 aromatic carbocycles. The lowest BCUT2D eigenvalue weighted by Gasteiger charge is -2.33. The SMILES string of the molecule is CN1CCN(Cc2ccc(NC(=O)c3cncc(C#Cc4cnc5ccc(N6CCSCC6)nn45)c3)cc2C(F)(F)F)CC1. The maximum atomic E-state index is 14.0. The Morgan fingerprint density at radius 1 is 0.977 bits per heavy atom. The smallest absolute Gasteiger partial charge is 0.354 e. The van der Waals surface area contributed by atoms with Gasteiger partial charge in [-0.2, -0.15) is 24.9 Å². The minimum Gasteiger partial charge on any atom is -0.354 e. The van der Waals surface area contributed by atoms with Crippen LogP contribution in [0.3, 0.4) is 0 Å². The number of fused-ring (bicyclic) bond motifs is 1. The van der Waals surface area contributed by atoms with Crippen LogP contribution in [0, 0.1) is 11.8 Å². The molecule has 1 amide bonds. The summed E-state index contributed by atoms with van der Waals surface area (Å²) in [4.78, 5) is 27.9. The highest BCUT2D eigenvalue weighted by molar-refractivity contribution is 7.99. The number of hydrogen-bond acceptors (Lipinski definition) is 8. The van der Waals surface area contributed by atoms with Crippen LogP contribution in [0.4, 0.5) is 24.7 Å². The van der Waals surface area contributed by atoms with E-state index in [4.69, 9.17) is 5.10 Å². The van der Waals surface area contributed by atoms with E-state index in [0.717, 1.165) is 49.6 Å². The summed E-state index contributed by atoms with van der Waals surface area (Å²) in [7, 11) is 2.00. The maximum absolute atomic E-state index is 14.0. The number of benzene rings is 1. The average Bonchev–Trinajstić information content (AvgIpc) is 3.44. The second-order valence-electron chi connectivity index (χ2n) is 10.8. The Hall–Kier alpha value is -4.12. The van der Waals surface area contributed by atoms with Gasteiger partial charge in [-0.05, 0) is 48.9 Å². The number of pyridine rings is 1.